The number of carbonyl (C=O) groups excluding carboxylic acids is 2. The average molecular weight is 389 g/mol. The predicted octanol–water partition coefficient (Wildman–Crippen LogP) is 4.00. The maximum Gasteiger partial charge on any atom is 0.348 e. The smallest absolute Gasteiger partial charge is 0.348 e. The Morgan fingerprint density at radius 3 is 2.63 bits per heavy atom. The van der Waals surface area contributed by atoms with Crippen molar-refractivity contribution in [3.63, 3.8) is 0 Å². The van der Waals surface area contributed by atoms with Crippen LogP contribution in [0.5, 0.6) is 5.75 Å². The van der Waals surface area contributed by atoms with Crippen molar-refractivity contribution in [1.29, 1.82) is 0 Å². The zero-order chi connectivity index (χ0) is 19.6. The van der Waals surface area contributed by atoms with E-state index in [2.05, 4.69) is 0 Å². The number of non-ortho nitro benzene ring substituents is 1. The molecule has 0 aliphatic heterocycles. The van der Waals surface area contributed by atoms with Crippen molar-refractivity contribution in [2.45, 2.75) is 0 Å². The number of fused-ring (bicyclic) bond motifs is 1. The van der Waals surface area contributed by atoms with Crippen molar-refractivity contribution in [3.8, 4) is 5.75 Å². The molecule has 0 saturated heterocycles. The summed E-state index contributed by atoms with van der Waals surface area (Å²) >= 11 is 1.10. The molecule has 0 amide bonds. The molecule has 7 nitrogen and oxygen atoms in total. The Labute approximate surface area is 156 Å². The zero-order valence-corrected chi connectivity index (χ0v) is 14.7. The normalized spacial score (nSPS) is 10.6. The van der Waals surface area contributed by atoms with Crippen LogP contribution in [0.25, 0.3) is 10.1 Å². The van der Waals surface area contributed by atoms with E-state index in [9.17, 15) is 24.1 Å². The lowest BCUT2D eigenvalue weighted by Crippen LogP contribution is -2.13. The minimum Gasteiger partial charge on any atom is -0.494 e. The van der Waals surface area contributed by atoms with Crippen LogP contribution < -0.4 is 4.74 Å². The monoisotopic (exact) mass is 389 g/mol. The third-order valence-corrected chi connectivity index (χ3v) is 4.82. The molecule has 2 aromatic carbocycles. The van der Waals surface area contributed by atoms with E-state index in [1.807, 2.05) is 0 Å². The molecule has 3 rings (SSSR count). The van der Waals surface area contributed by atoms with Crippen molar-refractivity contribution in [1.82, 2.24) is 0 Å². The van der Waals surface area contributed by atoms with E-state index in [4.69, 9.17) is 9.47 Å². The second-order valence-corrected chi connectivity index (χ2v) is 6.52. The number of rotatable bonds is 6. The van der Waals surface area contributed by atoms with Gasteiger partial charge in [0.2, 0.25) is 0 Å². The molecule has 1 heterocycles. The summed E-state index contributed by atoms with van der Waals surface area (Å²) in [6.07, 6.45) is 0. The number of benzene rings is 2. The first-order valence-corrected chi connectivity index (χ1v) is 8.42. The van der Waals surface area contributed by atoms with Crippen LogP contribution in [0.2, 0.25) is 0 Å². The summed E-state index contributed by atoms with van der Waals surface area (Å²) in [5.74, 6) is -1.99. The van der Waals surface area contributed by atoms with Gasteiger partial charge >= 0.3 is 5.97 Å². The summed E-state index contributed by atoms with van der Waals surface area (Å²) in [5, 5.41) is 11.3. The van der Waals surface area contributed by atoms with Crippen molar-refractivity contribution < 1.29 is 28.4 Å². The molecule has 3 aromatic rings. The second kappa shape index (κ2) is 7.50. The SMILES string of the molecule is COc1ccc(C(=O)COC(=O)c2cc3cc([N+](=O)[O-])ccc3s2)cc1F. The van der Waals surface area contributed by atoms with Crippen LogP contribution >= 0.6 is 11.3 Å². The fourth-order valence-corrected chi connectivity index (χ4v) is 3.31. The number of nitro groups is 1. The van der Waals surface area contributed by atoms with Crippen molar-refractivity contribution in [3.05, 3.63) is 68.8 Å². The molecule has 0 fully saturated rings. The van der Waals surface area contributed by atoms with Gasteiger partial charge < -0.3 is 9.47 Å². The van der Waals surface area contributed by atoms with E-state index in [1.165, 1.54) is 37.4 Å². The van der Waals surface area contributed by atoms with Crippen molar-refractivity contribution in [2.75, 3.05) is 13.7 Å². The van der Waals surface area contributed by atoms with Crippen LogP contribution in [0, 0.1) is 15.9 Å². The lowest BCUT2D eigenvalue weighted by atomic mass is 10.1. The zero-order valence-electron chi connectivity index (χ0n) is 13.9. The minimum absolute atomic E-state index is 0.00270. The topological polar surface area (TPSA) is 95.7 Å². The number of ether oxygens (including phenoxy) is 2. The van der Waals surface area contributed by atoms with Crippen LogP contribution in [0.4, 0.5) is 10.1 Å². The Morgan fingerprint density at radius 2 is 1.96 bits per heavy atom. The number of ketones is 1. The molecule has 0 spiro atoms. The molecule has 138 valence electrons. The number of esters is 1. The first-order valence-electron chi connectivity index (χ1n) is 7.61. The van der Waals surface area contributed by atoms with Gasteiger partial charge in [0.05, 0.1) is 12.0 Å². The number of hydrogen-bond donors (Lipinski definition) is 0. The Kier molecular flexibility index (Phi) is 5.13. The lowest BCUT2D eigenvalue weighted by molar-refractivity contribution is -0.384. The Balaban J connectivity index is 1.70. The summed E-state index contributed by atoms with van der Waals surface area (Å²) < 4.78 is 24.1. The van der Waals surface area contributed by atoms with Gasteiger partial charge in [0.25, 0.3) is 5.69 Å². The predicted molar refractivity (Wildman–Crippen MR) is 96.0 cm³/mol. The third kappa shape index (κ3) is 3.93. The van der Waals surface area contributed by atoms with E-state index in [0.29, 0.717) is 10.1 Å². The number of nitrogens with zero attached hydrogens (tertiary/aromatic N) is 1. The van der Waals surface area contributed by atoms with Crippen molar-refractivity contribution in [2.24, 2.45) is 0 Å². The van der Waals surface area contributed by atoms with Gasteiger partial charge in [-0.05, 0) is 30.3 Å². The quantitative estimate of drug-likeness (QED) is 0.274. The number of halogens is 1. The molecule has 0 unspecified atom stereocenters. The van der Waals surface area contributed by atoms with Gasteiger partial charge in [-0.25, -0.2) is 9.18 Å². The largest absolute Gasteiger partial charge is 0.494 e. The molecule has 9 heteroatoms. The number of carbonyl (C=O) groups is 2. The molecule has 1 aromatic heterocycles. The van der Waals surface area contributed by atoms with Crippen LogP contribution in [-0.2, 0) is 4.74 Å². The molecule has 0 radical (unpaired) electrons. The van der Waals surface area contributed by atoms with E-state index < -0.39 is 29.1 Å². The van der Waals surface area contributed by atoms with Gasteiger partial charge in [0.15, 0.2) is 24.0 Å². The van der Waals surface area contributed by atoms with Crippen LogP contribution in [-0.4, -0.2) is 30.4 Å². The van der Waals surface area contributed by atoms with Crippen LogP contribution in [0.15, 0.2) is 42.5 Å². The Bertz CT molecular complexity index is 1060. The van der Waals surface area contributed by atoms with Crippen LogP contribution in [0.1, 0.15) is 20.0 Å². The van der Waals surface area contributed by atoms with E-state index in [-0.39, 0.29) is 21.9 Å². The maximum absolute atomic E-state index is 13.7. The number of Topliss-reactive ketones (excluding diaryl/α,β-unsaturated/α-hetero) is 1. The molecule has 0 N–H and O–H groups in total. The Morgan fingerprint density at radius 1 is 1.19 bits per heavy atom. The summed E-state index contributed by atoms with van der Waals surface area (Å²) in [7, 11) is 1.31. The average Bonchev–Trinajstić information content (AvgIpc) is 3.09. The first kappa shape index (κ1) is 18.5. The van der Waals surface area contributed by atoms with Gasteiger partial charge in [0.1, 0.15) is 4.88 Å². The molecular formula is C18H12FNO6S. The van der Waals surface area contributed by atoms with Gasteiger partial charge in [-0.15, -0.1) is 11.3 Å². The molecule has 0 aliphatic rings. The maximum atomic E-state index is 13.7. The van der Waals surface area contributed by atoms with Crippen molar-refractivity contribution >= 4 is 38.9 Å². The summed E-state index contributed by atoms with van der Waals surface area (Å²) in [6, 6.07) is 9.39. The first-order chi connectivity index (χ1) is 12.9. The highest BCUT2D eigenvalue weighted by molar-refractivity contribution is 7.20. The molecule has 27 heavy (non-hydrogen) atoms. The number of nitro benzene ring substituents is 1. The van der Waals surface area contributed by atoms with E-state index in [0.717, 1.165) is 17.4 Å². The van der Waals surface area contributed by atoms with Gasteiger partial charge in [-0.3, -0.25) is 14.9 Å². The number of methoxy groups -OCH3 is 1. The third-order valence-electron chi connectivity index (χ3n) is 3.72. The van der Waals surface area contributed by atoms with Crippen LogP contribution in [0.3, 0.4) is 0 Å². The molecule has 0 bridgehead atoms. The van der Waals surface area contributed by atoms with Gasteiger partial charge in [-0.1, -0.05) is 0 Å². The van der Waals surface area contributed by atoms with Gasteiger partial charge in [0, 0.05) is 27.8 Å². The minimum atomic E-state index is -0.735. The Hall–Kier alpha value is -3.33. The molecular weight excluding hydrogens is 377 g/mol. The highest BCUT2D eigenvalue weighted by atomic mass is 32.1. The standard InChI is InChI=1S/C18H12FNO6S/c1-25-15-4-2-10(7-13(15)19)14(21)9-26-18(22)17-8-11-6-12(20(23)24)3-5-16(11)27-17/h2-8H,9H2,1H3. The second-order valence-electron chi connectivity index (χ2n) is 5.44. The number of thiophene rings is 1. The fourth-order valence-electron chi connectivity index (χ4n) is 2.37. The summed E-state index contributed by atoms with van der Waals surface area (Å²) in [6.45, 7) is -0.557. The summed E-state index contributed by atoms with van der Waals surface area (Å²) in [5.41, 5.74) is -0.0370. The molecule has 0 saturated carbocycles. The van der Waals surface area contributed by atoms with E-state index >= 15 is 0 Å². The molecule has 0 atom stereocenters. The molecule has 0 aliphatic carbocycles. The fraction of sp³-hybridized carbons (Fsp3) is 0.111. The lowest BCUT2D eigenvalue weighted by Gasteiger charge is -2.05. The van der Waals surface area contributed by atoms with Gasteiger partial charge in [-0.2, -0.15) is 0 Å². The summed E-state index contributed by atoms with van der Waals surface area (Å²) in [4.78, 5) is 34.7. The highest BCUT2D eigenvalue weighted by Gasteiger charge is 2.17. The number of hydrogen-bond acceptors (Lipinski definition) is 7. The highest BCUT2D eigenvalue weighted by Crippen LogP contribution is 2.29. The van der Waals surface area contributed by atoms with E-state index in [1.54, 1.807) is 6.07 Å².